The summed E-state index contributed by atoms with van der Waals surface area (Å²) < 4.78 is 36.9. The normalized spacial score (nSPS) is 11.9. The number of alkyl halides is 3. The zero-order chi connectivity index (χ0) is 10.2. The Morgan fingerprint density at radius 3 is 2.57 bits per heavy atom. The van der Waals surface area contributed by atoms with Gasteiger partial charge in [0.25, 0.3) is 0 Å². The Kier molecular flexibility index (Phi) is 1.91. The van der Waals surface area contributed by atoms with Crippen LogP contribution >= 0.6 is 0 Å². The minimum atomic E-state index is -4.30. The Morgan fingerprint density at radius 1 is 1.07 bits per heavy atom. The quantitative estimate of drug-likeness (QED) is 0.631. The second-order valence-corrected chi connectivity index (χ2v) is 2.91. The maximum absolute atomic E-state index is 12.3. The van der Waals surface area contributed by atoms with Crippen molar-refractivity contribution in [1.82, 2.24) is 4.98 Å². The van der Waals surface area contributed by atoms with E-state index in [9.17, 15) is 13.2 Å². The minimum Gasteiger partial charge on any atom is -0.256 e. The van der Waals surface area contributed by atoms with Crippen LogP contribution in [0.2, 0.25) is 0 Å². The van der Waals surface area contributed by atoms with Gasteiger partial charge in [0.1, 0.15) is 0 Å². The zero-order valence-corrected chi connectivity index (χ0v) is 7.05. The minimum absolute atomic E-state index is 0.363. The molecule has 0 spiro atoms. The molecule has 1 heterocycles. The van der Waals surface area contributed by atoms with Gasteiger partial charge in [-0.1, -0.05) is 12.1 Å². The molecule has 0 bridgehead atoms. The summed E-state index contributed by atoms with van der Waals surface area (Å²) >= 11 is 0. The molecule has 0 atom stereocenters. The molecular formula is C10H6F3N. The summed E-state index contributed by atoms with van der Waals surface area (Å²) in [5, 5.41) is 0.709. The predicted octanol–water partition coefficient (Wildman–Crippen LogP) is 3.25. The van der Waals surface area contributed by atoms with Crippen LogP contribution < -0.4 is 0 Å². The van der Waals surface area contributed by atoms with Crippen molar-refractivity contribution < 1.29 is 13.2 Å². The molecule has 0 amide bonds. The Morgan fingerprint density at radius 2 is 1.86 bits per heavy atom. The second kappa shape index (κ2) is 2.97. The summed E-state index contributed by atoms with van der Waals surface area (Å²) in [4.78, 5) is 3.86. The molecule has 1 aromatic carbocycles. The Balaban J connectivity index is 2.63. The van der Waals surface area contributed by atoms with E-state index in [4.69, 9.17) is 0 Å². The fraction of sp³-hybridized carbons (Fsp3) is 0.100. The molecule has 72 valence electrons. The highest BCUT2D eigenvalue weighted by atomic mass is 19.4. The van der Waals surface area contributed by atoms with Crippen LogP contribution in [-0.2, 0) is 6.18 Å². The van der Waals surface area contributed by atoms with E-state index in [-0.39, 0.29) is 0 Å². The van der Waals surface area contributed by atoms with Gasteiger partial charge in [0.05, 0.1) is 11.1 Å². The van der Waals surface area contributed by atoms with E-state index >= 15 is 0 Å². The van der Waals surface area contributed by atoms with Crippen molar-refractivity contribution in [1.29, 1.82) is 0 Å². The zero-order valence-electron chi connectivity index (χ0n) is 7.05. The summed E-state index contributed by atoms with van der Waals surface area (Å²) in [7, 11) is 0. The predicted molar refractivity (Wildman–Crippen MR) is 46.7 cm³/mol. The highest BCUT2D eigenvalue weighted by molar-refractivity contribution is 5.78. The first kappa shape index (κ1) is 8.99. The van der Waals surface area contributed by atoms with E-state index in [0.29, 0.717) is 10.9 Å². The van der Waals surface area contributed by atoms with Crippen molar-refractivity contribution in [2.24, 2.45) is 0 Å². The molecule has 0 aliphatic heterocycles. The first-order valence-corrected chi connectivity index (χ1v) is 3.99. The SMILES string of the molecule is FC(F)(F)c1ccc2cccnc2c1. The number of halogens is 3. The third-order valence-electron chi connectivity index (χ3n) is 1.93. The summed E-state index contributed by atoms with van der Waals surface area (Å²) in [6.45, 7) is 0. The first-order valence-electron chi connectivity index (χ1n) is 3.99. The number of hydrogen-bond acceptors (Lipinski definition) is 1. The highest BCUT2D eigenvalue weighted by Gasteiger charge is 2.30. The summed E-state index contributed by atoms with van der Waals surface area (Å²) in [5.74, 6) is 0. The highest BCUT2D eigenvalue weighted by Crippen LogP contribution is 2.30. The van der Waals surface area contributed by atoms with Gasteiger partial charge in [-0.05, 0) is 18.2 Å². The van der Waals surface area contributed by atoms with Gasteiger partial charge in [-0.15, -0.1) is 0 Å². The molecule has 0 radical (unpaired) electrons. The number of nitrogens with zero attached hydrogens (tertiary/aromatic N) is 1. The molecule has 4 heteroatoms. The van der Waals surface area contributed by atoms with E-state index in [1.807, 2.05) is 0 Å². The summed E-state index contributed by atoms with van der Waals surface area (Å²) in [6, 6.07) is 6.95. The van der Waals surface area contributed by atoms with Crippen LogP contribution in [0.4, 0.5) is 13.2 Å². The van der Waals surface area contributed by atoms with Crippen molar-refractivity contribution in [3.05, 3.63) is 42.1 Å². The average molecular weight is 197 g/mol. The maximum Gasteiger partial charge on any atom is 0.416 e. The number of fused-ring (bicyclic) bond motifs is 1. The van der Waals surface area contributed by atoms with Crippen molar-refractivity contribution in [2.75, 3.05) is 0 Å². The summed E-state index contributed by atoms with van der Waals surface area (Å²) in [6.07, 6.45) is -2.83. The van der Waals surface area contributed by atoms with Gasteiger partial charge in [0.15, 0.2) is 0 Å². The molecule has 2 aromatic rings. The molecule has 1 nitrogen and oxygen atoms in total. The molecule has 0 N–H and O–H groups in total. The van der Waals surface area contributed by atoms with E-state index < -0.39 is 11.7 Å². The van der Waals surface area contributed by atoms with Gasteiger partial charge in [0.2, 0.25) is 0 Å². The number of hydrogen-bond donors (Lipinski definition) is 0. The van der Waals surface area contributed by atoms with Gasteiger partial charge in [0, 0.05) is 11.6 Å². The number of aromatic nitrogens is 1. The lowest BCUT2D eigenvalue weighted by Crippen LogP contribution is -2.04. The van der Waals surface area contributed by atoms with Gasteiger partial charge in [-0.3, -0.25) is 4.98 Å². The van der Waals surface area contributed by atoms with Crippen LogP contribution in [0.25, 0.3) is 10.9 Å². The van der Waals surface area contributed by atoms with Crippen molar-refractivity contribution in [3.8, 4) is 0 Å². The summed E-state index contributed by atoms with van der Waals surface area (Å²) in [5.41, 5.74) is -0.300. The Bertz CT molecular complexity index is 462. The third kappa shape index (κ3) is 1.55. The lowest BCUT2D eigenvalue weighted by Gasteiger charge is -2.06. The lowest BCUT2D eigenvalue weighted by molar-refractivity contribution is -0.137. The van der Waals surface area contributed by atoms with E-state index in [1.54, 1.807) is 12.1 Å². The van der Waals surface area contributed by atoms with Gasteiger partial charge in [-0.2, -0.15) is 13.2 Å². The molecule has 0 fully saturated rings. The van der Waals surface area contributed by atoms with Crippen molar-refractivity contribution >= 4 is 10.9 Å². The molecule has 0 unspecified atom stereocenters. The molecule has 14 heavy (non-hydrogen) atoms. The molecular weight excluding hydrogens is 191 g/mol. The largest absolute Gasteiger partial charge is 0.416 e. The molecule has 0 aliphatic rings. The van der Waals surface area contributed by atoms with Crippen LogP contribution in [0.15, 0.2) is 36.5 Å². The topological polar surface area (TPSA) is 12.9 Å². The van der Waals surface area contributed by atoms with Crippen LogP contribution in [0, 0.1) is 0 Å². The average Bonchev–Trinajstić information content (AvgIpc) is 2.16. The smallest absolute Gasteiger partial charge is 0.256 e. The van der Waals surface area contributed by atoms with E-state index in [1.165, 1.54) is 12.3 Å². The second-order valence-electron chi connectivity index (χ2n) is 2.91. The Labute approximate surface area is 78.2 Å². The number of rotatable bonds is 0. The number of pyridine rings is 1. The van der Waals surface area contributed by atoms with Crippen LogP contribution in [0.1, 0.15) is 5.56 Å². The molecule has 2 rings (SSSR count). The molecule has 0 saturated heterocycles. The fourth-order valence-corrected chi connectivity index (χ4v) is 1.24. The van der Waals surface area contributed by atoms with Gasteiger partial charge in [-0.25, -0.2) is 0 Å². The molecule has 0 saturated carbocycles. The molecule has 1 aromatic heterocycles. The standard InChI is InChI=1S/C10H6F3N/c11-10(12,13)8-4-3-7-2-1-5-14-9(7)6-8/h1-6H. The van der Waals surface area contributed by atoms with Crippen LogP contribution in [0.5, 0.6) is 0 Å². The third-order valence-corrected chi connectivity index (χ3v) is 1.93. The van der Waals surface area contributed by atoms with Crippen molar-refractivity contribution in [2.45, 2.75) is 6.18 Å². The van der Waals surface area contributed by atoms with Crippen LogP contribution in [0.3, 0.4) is 0 Å². The van der Waals surface area contributed by atoms with Gasteiger partial charge >= 0.3 is 6.18 Å². The molecule has 0 aliphatic carbocycles. The lowest BCUT2D eigenvalue weighted by atomic mass is 10.1. The maximum atomic E-state index is 12.3. The van der Waals surface area contributed by atoms with Gasteiger partial charge < -0.3 is 0 Å². The first-order chi connectivity index (χ1) is 6.57. The van der Waals surface area contributed by atoms with Crippen molar-refractivity contribution in [3.63, 3.8) is 0 Å². The van der Waals surface area contributed by atoms with E-state index in [0.717, 1.165) is 12.1 Å². The number of benzene rings is 1. The van der Waals surface area contributed by atoms with E-state index in [2.05, 4.69) is 4.98 Å². The Hall–Kier alpha value is -1.58. The monoisotopic (exact) mass is 197 g/mol. The fourth-order valence-electron chi connectivity index (χ4n) is 1.24. The van der Waals surface area contributed by atoms with Crippen LogP contribution in [-0.4, -0.2) is 4.98 Å².